The molecule has 0 radical (unpaired) electrons. The smallest absolute Gasteiger partial charge is 0.322 e. The van der Waals surface area contributed by atoms with Crippen LogP contribution in [0.5, 0.6) is 0 Å². The normalized spacial score (nSPS) is 19.7. The molecular weight excluding hydrogens is 330 g/mol. The summed E-state index contributed by atoms with van der Waals surface area (Å²) in [6, 6.07) is 15.9. The van der Waals surface area contributed by atoms with Crippen molar-refractivity contribution in [1.82, 2.24) is 10.6 Å². The van der Waals surface area contributed by atoms with Crippen molar-refractivity contribution in [3.05, 3.63) is 65.7 Å². The Bertz CT molecular complexity index is 877. The SMILES string of the molecule is CC(C)(C(=O)Nc1cccc(C2(C)NC(=O)NC2=O)c1)c1ccccc1. The summed E-state index contributed by atoms with van der Waals surface area (Å²) in [4.78, 5) is 36.4. The van der Waals surface area contributed by atoms with E-state index in [0.29, 0.717) is 11.3 Å². The van der Waals surface area contributed by atoms with Crippen LogP contribution in [0.4, 0.5) is 10.5 Å². The molecule has 4 amide bonds. The van der Waals surface area contributed by atoms with Gasteiger partial charge in [0.1, 0.15) is 5.54 Å². The summed E-state index contributed by atoms with van der Waals surface area (Å²) in [5.74, 6) is -0.582. The third-order valence-electron chi connectivity index (χ3n) is 4.81. The lowest BCUT2D eigenvalue weighted by Crippen LogP contribution is -2.40. The number of anilines is 1. The third kappa shape index (κ3) is 3.06. The molecule has 1 fully saturated rings. The first-order valence-corrected chi connectivity index (χ1v) is 8.34. The van der Waals surface area contributed by atoms with Crippen LogP contribution in [0.3, 0.4) is 0 Å². The van der Waals surface area contributed by atoms with Gasteiger partial charge in [-0.25, -0.2) is 4.79 Å². The van der Waals surface area contributed by atoms with Gasteiger partial charge in [0, 0.05) is 5.69 Å². The van der Waals surface area contributed by atoms with E-state index in [2.05, 4.69) is 16.0 Å². The number of carbonyl (C=O) groups is 3. The molecule has 0 saturated carbocycles. The van der Waals surface area contributed by atoms with Gasteiger partial charge in [-0.2, -0.15) is 0 Å². The van der Waals surface area contributed by atoms with Crippen LogP contribution in [-0.2, 0) is 20.5 Å². The van der Waals surface area contributed by atoms with E-state index in [1.54, 1.807) is 31.2 Å². The Morgan fingerprint density at radius 2 is 1.73 bits per heavy atom. The molecule has 1 saturated heterocycles. The van der Waals surface area contributed by atoms with E-state index in [0.717, 1.165) is 5.56 Å². The van der Waals surface area contributed by atoms with Crippen LogP contribution in [0.1, 0.15) is 31.9 Å². The Balaban J connectivity index is 1.84. The van der Waals surface area contributed by atoms with E-state index in [1.165, 1.54) is 0 Å². The Hall–Kier alpha value is -3.15. The highest BCUT2D eigenvalue weighted by Crippen LogP contribution is 2.28. The Labute approximate surface area is 152 Å². The lowest BCUT2D eigenvalue weighted by atomic mass is 9.83. The summed E-state index contributed by atoms with van der Waals surface area (Å²) >= 11 is 0. The number of hydrogen-bond donors (Lipinski definition) is 3. The van der Waals surface area contributed by atoms with Crippen molar-refractivity contribution >= 4 is 23.5 Å². The van der Waals surface area contributed by atoms with E-state index in [1.807, 2.05) is 44.2 Å². The molecule has 0 bridgehead atoms. The van der Waals surface area contributed by atoms with Crippen LogP contribution in [0.25, 0.3) is 0 Å². The molecule has 3 rings (SSSR count). The fraction of sp³-hybridized carbons (Fsp3) is 0.250. The zero-order valence-corrected chi connectivity index (χ0v) is 14.9. The average molecular weight is 351 g/mol. The van der Waals surface area contributed by atoms with E-state index >= 15 is 0 Å². The topological polar surface area (TPSA) is 87.3 Å². The largest absolute Gasteiger partial charge is 0.325 e. The van der Waals surface area contributed by atoms with Crippen molar-refractivity contribution in [1.29, 1.82) is 0 Å². The van der Waals surface area contributed by atoms with Crippen LogP contribution in [0.15, 0.2) is 54.6 Å². The maximum Gasteiger partial charge on any atom is 0.322 e. The van der Waals surface area contributed by atoms with Crippen LogP contribution < -0.4 is 16.0 Å². The molecule has 2 aromatic rings. The summed E-state index contributed by atoms with van der Waals surface area (Å²) in [5, 5.41) is 7.76. The fourth-order valence-electron chi connectivity index (χ4n) is 2.93. The van der Waals surface area contributed by atoms with Gasteiger partial charge in [-0.1, -0.05) is 42.5 Å². The van der Waals surface area contributed by atoms with Gasteiger partial charge in [-0.3, -0.25) is 14.9 Å². The number of carbonyl (C=O) groups excluding carboxylic acids is 3. The van der Waals surface area contributed by atoms with Crippen molar-refractivity contribution in [3.8, 4) is 0 Å². The van der Waals surface area contributed by atoms with Gasteiger partial charge in [0.25, 0.3) is 5.91 Å². The van der Waals surface area contributed by atoms with Crippen molar-refractivity contribution in [2.45, 2.75) is 31.7 Å². The number of rotatable bonds is 4. The molecule has 1 heterocycles. The zero-order valence-electron chi connectivity index (χ0n) is 14.9. The average Bonchev–Trinajstić information content (AvgIpc) is 2.89. The van der Waals surface area contributed by atoms with Crippen LogP contribution in [0.2, 0.25) is 0 Å². The number of benzene rings is 2. The maximum atomic E-state index is 12.8. The first-order valence-electron chi connectivity index (χ1n) is 8.34. The molecule has 6 nitrogen and oxygen atoms in total. The van der Waals surface area contributed by atoms with Gasteiger partial charge in [-0.05, 0) is 44.0 Å². The van der Waals surface area contributed by atoms with Gasteiger partial charge in [0.2, 0.25) is 5.91 Å². The van der Waals surface area contributed by atoms with Crippen molar-refractivity contribution in [2.75, 3.05) is 5.32 Å². The zero-order chi connectivity index (χ0) is 18.9. The molecular formula is C20H21N3O3. The van der Waals surface area contributed by atoms with Crippen LogP contribution >= 0.6 is 0 Å². The second-order valence-electron chi connectivity index (χ2n) is 7.06. The number of amides is 4. The number of urea groups is 1. The first kappa shape index (κ1) is 17.7. The molecule has 1 aliphatic heterocycles. The predicted octanol–water partition coefficient (Wildman–Crippen LogP) is 2.66. The fourth-order valence-corrected chi connectivity index (χ4v) is 2.93. The molecule has 1 aliphatic rings. The minimum Gasteiger partial charge on any atom is -0.325 e. The van der Waals surface area contributed by atoms with Crippen molar-refractivity contribution < 1.29 is 14.4 Å². The highest BCUT2D eigenvalue weighted by Gasteiger charge is 2.43. The standard InChI is InChI=1S/C20H21N3O3/c1-19(2,13-8-5-4-6-9-13)16(24)21-15-11-7-10-14(12-15)20(3)17(25)22-18(26)23-20/h4-12H,1-3H3,(H,21,24)(H2,22,23,25,26). The third-order valence-corrected chi connectivity index (χ3v) is 4.81. The molecule has 6 heteroatoms. The van der Waals surface area contributed by atoms with Crippen LogP contribution in [0, 0.1) is 0 Å². The molecule has 26 heavy (non-hydrogen) atoms. The van der Waals surface area contributed by atoms with Gasteiger partial charge in [0.05, 0.1) is 5.41 Å². The Morgan fingerprint density at radius 3 is 2.35 bits per heavy atom. The highest BCUT2D eigenvalue weighted by molar-refractivity contribution is 6.07. The quantitative estimate of drug-likeness (QED) is 0.740. The summed E-state index contributed by atoms with van der Waals surface area (Å²) < 4.78 is 0. The predicted molar refractivity (Wildman–Crippen MR) is 98.6 cm³/mol. The molecule has 1 atom stereocenters. The second kappa shape index (κ2) is 6.29. The monoisotopic (exact) mass is 351 g/mol. The number of imide groups is 1. The second-order valence-corrected chi connectivity index (χ2v) is 7.06. The molecule has 0 spiro atoms. The molecule has 134 valence electrons. The Kier molecular flexibility index (Phi) is 4.28. The molecule has 3 N–H and O–H groups in total. The van der Waals surface area contributed by atoms with E-state index < -0.39 is 22.9 Å². The minimum absolute atomic E-state index is 0.161. The summed E-state index contributed by atoms with van der Waals surface area (Å²) in [7, 11) is 0. The van der Waals surface area contributed by atoms with Crippen molar-refractivity contribution in [2.24, 2.45) is 0 Å². The molecule has 0 aromatic heterocycles. The highest BCUT2D eigenvalue weighted by atomic mass is 16.2. The maximum absolute atomic E-state index is 12.8. The van der Waals surface area contributed by atoms with E-state index in [4.69, 9.17) is 0 Å². The lowest BCUT2D eigenvalue weighted by Gasteiger charge is -2.25. The number of nitrogens with one attached hydrogen (secondary N) is 3. The van der Waals surface area contributed by atoms with E-state index in [-0.39, 0.29) is 5.91 Å². The van der Waals surface area contributed by atoms with E-state index in [9.17, 15) is 14.4 Å². The van der Waals surface area contributed by atoms with Crippen molar-refractivity contribution in [3.63, 3.8) is 0 Å². The summed E-state index contributed by atoms with van der Waals surface area (Å²) in [6.45, 7) is 5.34. The van der Waals surface area contributed by atoms with Gasteiger partial charge < -0.3 is 10.6 Å². The Morgan fingerprint density at radius 1 is 1.04 bits per heavy atom. The van der Waals surface area contributed by atoms with Gasteiger partial charge in [0.15, 0.2) is 0 Å². The summed E-state index contributed by atoms with van der Waals surface area (Å²) in [5.41, 5.74) is 0.179. The number of hydrogen-bond acceptors (Lipinski definition) is 3. The summed E-state index contributed by atoms with van der Waals surface area (Å²) in [6.07, 6.45) is 0. The molecule has 1 unspecified atom stereocenters. The molecule has 0 aliphatic carbocycles. The van der Waals surface area contributed by atoms with Gasteiger partial charge >= 0.3 is 6.03 Å². The van der Waals surface area contributed by atoms with Gasteiger partial charge in [-0.15, -0.1) is 0 Å². The molecule has 2 aromatic carbocycles. The first-order chi connectivity index (χ1) is 12.2. The minimum atomic E-state index is -1.16. The van der Waals surface area contributed by atoms with Crippen LogP contribution in [-0.4, -0.2) is 17.8 Å². The lowest BCUT2D eigenvalue weighted by molar-refractivity contribution is -0.123.